The first-order valence-corrected chi connectivity index (χ1v) is 50.4. The number of hydrogen-bond donors (Lipinski definition) is 9. The van der Waals surface area contributed by atoms with Crippen LogP contribution in [0.25, 0.3) is 34.1 Å². The Hall–Kier alpha value is -13.9. The van der Waals surface area contributed by atoms with Crippen molar-refractivity contribution >= 4 is 106 Å². The molecule has 149 heavy (non-hydrogen) atoms. The number of carboxylic acid groups (broad SMARTS) is 1. The molecule has 4 aromatic carbocycles. The highest BCUT2D eigenvalue weighted by atomic mass is 19.1. The van der Waals surface area contributed by atoms with Crippen LogP contribution in [0.4, 0.5) is 43.4 Å². The largest absolute Gasteiger partial charge is 0.480 e. The van der Waals surface area contributed by atoms with Crippen molar-refractivity contribution in [3.8, 4) is 22.8 Å². The van der Waals surface area contributed by atoms with E-state index >= 15 is 0 Å². The van der Waals surface area contributed by atoms with E-state index in [-0.39, 0.29) is 95.9 Å². The fourth-order valence-electron chi connectivity index (χ4n) is 17.7. The molecule has 10 aromatic rings. The number of carboxylic acids is 1. The lowest BCUT2D eigenvalue weighted by molar-refractivity contribution is -0.138. The highest BCUT2D eigenvalue weighted by molar-refractivity contribution is 6.08. The summed E-state index contributed by atoms with van der Waals surface area (Å²) in [5, 5.41) is 37.8. The van der Waals surface area contributed by atoms with Crippen LogP contribution in [-0.4, -0.2) is 363 Å². The summed E-state index contributed by atoms with van der Waals surface area (Å²) in [6.45, 7) is 18.2. The van der Waals surface area contributed by atoms with Gasteiger partial charge in [0.25, 0.3) is 11.8 Å². The molecule has 796 valence electrons. The Morgan fingerprint density at radius 1 is 0.423 bits per heavy atom. The van der Waals surface area contributed by atoms with Crippen molar-refractivity contribution in [2.24, 2.45) is 5.73 Å². The number of aliphatic carboxylic acids is 1. The second kappa shape index (κ2) is 58.7. The van der Waals surface area contributed by atoms with Crippen LogP contribution in [-0.2, 0) is 76.1 Å². The van der Waals surface area contributed by atoms with Crippen LogP contribution in [0.1, 0.15) is 116 Å². The highest BCUT2D eigenvalue weighted by Gasteiger charge is 2.35. The summed E-state index contributed by atoms with van der Waals surface area (Å²) in [6.07, 6.45) is 9.28. The van der Waals surface area contributed by atoms with Crippen molar-refractivity contribution < 1.29 is 109 Å². The molecule has 2 unspecified atom stereocenters. The number of aldehydes is 2. The minimum absolute atomic E-state index is 0.0494. The van der Waals surface area contributed by atoms with E-state index in [1.807, 2.05) is 86.7 Å². The molecule has 6 fully saturated rings. The first-order chi connectivity index (χ1) is 72.8. The number of amides is 7. The molecule has 0 aliphatic carbocycles. The van der Waals surface area contributed by atoms with E-state index in [0.29, 0.717) is 202 Å². The van der Waals surface area contributed by atoms with E-state index in [1.54, 1.807) is 48.8 Å². The van der Waals surface area contributed by atoms with Gasteiger partial charge in [0.05, 0.1) is 192 Å². The summed E-state index contributed by atoms with van der Waals surface area (Å²) in [5.74, 6) is -1.01. The third-order valence-electron chi connectivity index (χ3n) is 25.3. The summed E-state index contributed by atoms with van der Waals surface area (Å²) in [7, 11) is 0. The molecule has 45 heteroatoms. The maximum atomic E-state index is 14.1. The number of anilines is 6. The number of benzene rings is 4. The molecule has 6 aliphatic rings. The van der Waals surface area contributed by atoms with Crippen LogP contribution in [0.3, 0.4) is 0 Å². The molecule has 10 N–H and O–H groups in total. The molecule has 7 amide bonds. The fourth-order valence-corrected chi connectivity index (χ4v) is 17.7. The van der Waals surface area contributed by atoms with Crippen LogP contribution in [0.5, 0.6) is 0 Å². The summed E-state index contributed by atoms with van der Waals surface area (Å²) in [6, 6.07) is 41.3. The Balaban J connectivity index is 0.000000195. The standard InChI is InChI=1S/C52H64FN11O10.C27H28FN7O2.C25H38N4O9/c53-39-5-1-4-37(32-39)44-7-3-17-63(44)48-13-12-46-56-34-45(64(46)60-48)42-6-2-8-47(57-42)62-20-18-61(19-21-62)35-50(67)55-16-23-71-25-27-73-29-31-74-30-28-72-26-24-70-22-15-54-40-10-9-38(36-65)41(33-40)51(68)58-43-11-14-49(66)59-52(43)69;28-20-5-1-4-19(16-20)22-7-3-11-34(22)26-10-9-24-29-17-23(35(24)31-26)21-6-2-8-25(30-21)33-14-12-32(13-15-33)18-27(36)37;26-5-7-34-9-11-36-13-15-38-16-14-37-12-10-35-8-6-27-20-2-1-19(18-30)21(17-20)24(32)28-22-3-4-23(31)29-25(22)33/h1-2,4-6,8-10,12-13,32-34,36,43-44,54H,3,7,11,14-31,35H2,(H,55,67)(H,58,68)(H,59,66,69);1-2,4-6,8-10,16-17,22H,3,7,11-15,18H2,(H,36,37);1-2,17-18,22,27H,3-16,26H2,(H,28,32)(H,29,31,33)/t43?,44-;22-;/m11./s1. The lowest BCUT2D eigenvalue weighted by Crippen LogP contribution is -2.52. The van der Waals surface area contributed by atoms with Crippen molar-refractivity contribution in [1.29, 1.82) is 0 Å². The van der Waals surface area contributed by atoms with E-state index in [9.17, 15) is 56.7 Å². The van der Waals surface area contributed by atoms with E-state index in [1.165, 1.54) is 36.4 Å². The van der Waals surface area contributed by atoms with Crippen molar-refractivity contribution in [2.45, 2.75) is 75.5 Å². The zero-order valence-corrected chi connectivity index (χ0v) is 83.3. The molecular weight excluding hydrogens is 1930 g/mol. The quantitative estimate of drug-likeness (QED) is 0.0119. The maximum absolute atomic E-state index is 14.1. The zero-order chi connectivity index (χ0) is 104. The normalized spacial score (nSPS) is 17.0. The number of ether oxygens (including phenoxy) is 10. The summed E-state index contributed by atoms with van der Waals surface area (Å²) < 4.78 is 86.5. The number of halogens is 2. The predicted molar refractivity (Wildman–Crippen MR) is 547 cm³/mol. The SMILES string of the molecule is NCCOCCOCCOCCOCCOCCNc1ccc(C=O)c(C(=O)NC2CCC(=O)NC2=O)c1.O=C(O)CN1CCN(c2cccc(-c3cnc4ccc(N5CCC[C@@H]5c5cccc(F)c5)nn34)n2)CC1.O=Cc1ccc(NCCOCCOCCOCCOCCOCCNC(=O)CN2CCN(c3cccc(-c4cnc5ccc(N6CCC[C@@H]6c6cccc(F)c6)nn45)n3)CC2)cc1C(=O)NC1CCC(=O)NC1=O. The number of piperazine rings is 2. The minimum atomic E-state index is -0.852. The van der Waals surface area contributed by atoms with Crippen LogP contribution in [0.2, 0.25) is 0 Å². The molecule has 0 spiro atoms. The van der Waals surface area contributed by atoms with Gasteiger partial charge in [-0.1, -0.05) is 36.4 Å². The number of fused-ring (bicyclic) bond motifs is 2. The maximum Gasteiger partial charge on any atom is 0.317 e. The van der Waals surface area contributed by atoms with Gasteiger partial charge in [0.15, 0.2) is 23.9 Å². The third kappa shape index (κ3) is 33.8. The van der Waals surface area contributed by atoms with E-state index in [0.717, 1.165) is 147 Å². The molecule has 0 radical (unpaired) electrons. The number of imidazole rings is 2. The zero-order valence-electron chi connectivity index (χ0n) is 83.3. The number of imide groups is 2. The number of carbonyl (C=O) groups excluding carboxylic acids is 9. The van der Waals surface area contributed by atoms with Crippen molar-refractivity contribution in [1.82, 2.24) is 75.5 Å². The Kier molecular flexibility index (Phi) is 43.6. The van der Waals surface area contributed by atoms with Gasteiger partial charge in [-0.15, -0.1) is 10.2 Å². The Bertz CT molecular complexity index is 6070. The first kappa shape index (κ1) is 111. The number of hydrogen-bond acceptors (Lipinski definition) is 35. The van der Waals surface area contributed by atoms with E-state index < -0.39 is 41.7 Å². The van der Waals surface area contributed by atoms with Crippen LogP contribution in [0, 0.1) is 11.6 Å². The molecule has 0 saturated carbocycles. The van der Waals surface area contributed by atoms with Crippen LogP contribution in [0.15, 0.2) is 158 Å². The van der Waals surface area contributed by atoms with E-state index in [2.05, 4.69) is 71.7 Å². The number of nitrogens with one attached hydrogen (secondary N) is 7. The molecule has 6 aromatic heterocycles. The Morgan fingerprint density at radius 2 is 0.805 bits per heavy atom. The van der Waals surface area contributed by atoms with Crippen LogP contribution < -0.4 is 62.6 Å². The van der Waals surface area contributed by atoms with Gasteiger partial charge in [-0.2, -0.15) is 0 Å². The van der Waals surface area contributed by atoms with Crippen molar-refractivity contribution in [3.05, 3.63) is 203 Å². The molecular formula is C104H130F2N22O21. The lowest BCUT2D eigenvalue weighted by Gasteiger charge is -2.35. The van der Waals surface area contributed by atoms with Gasteiger partial charge >= 0.3 is 5.97 Å². The van der Waals surface area contributed by atoms with Gasteiger partial charge in [0.2, 0.25) is 29.5 Å². The molecule has 0 bridgehead atoms. The molecule has 12 heterocycles. The van der Waals surface area contributed by atoms with Gasteiger partial charge in [-0.3, -0.25) is 68.4 Å². The van der Waals surface area contributed by atoms with Crippen molar-refractivity contribution in [2.75, 3.05) is 267 Å². The van der Waals surface area contributed by atoms with E-state index in [4.69, 9.17) is 78.4 Å². The number of nitrogens with zero attached hydrogens (tertiary/aromatic N) is 14. The van der Waals surface area contributed by atoms with Crippen molar-refractivity contribution in [3.63, 3.8) is 0 Å². The third-order valence-corrected chi connectivity index (χ3v) is 25.3. The smallest absolute Gasteiger partial charge is 0.317 e. The number of carbonyl (C=O) groups is 10. The van der Waals surface area contributed by atoms with Gasteiger partial charge < -0.3 is 104 Å². The predicted octanol–water partition coefficient (Wildman–Crippen LogP) is 6.02. The molecule has 6 saturated heterocycles. The summed E-state index contributed by atoms with van der Waals surface area (Å²) in [5.41, 5.74) is 13.6. The number of aromatic nitrogens is 8. The number of piperidine rings is 2. The second-order valence-electron chi connectivity index (χ2n) is 35.6. The average Bonchev–Trinajstić information content (AvgIpc) is 1.64. The molecule has 6 aliphatic heterocycles. The van der Waals surface area contributed by atoms with Gasteiger partial charge in [-0.25, -0.2) is 37.7 Å². The average molecular weight is 2060 g/mol. The minimum Gasteiger partial charge on any atom is -0.480 e. The summed E-state index contributed by atoms with van der Waals surface area (Å²) >= 11 is 0. The number of pyridine rings is 2. The van der Waals surface area contributed by atoms with Crippen LogP contribution >= 0.6 is 0 Å². The molecule has 16 rings (SSSR count). The molecule has 43 nitrogen and oxygen atoms in total. The molecule has 4 atom stereocenters. The monoisotopic (exact) mass is 2060 g/mol. The first-order valence-electron chi connectivity index (χ1n) is 50.4. The Morgan fingerprint density at radius 3 is 1.19 bits per heavy atom. The Labute approximate surface area is 860 Å². The topological polar surface area (TPSA) is 499 Å². The van der Waals surface area contributed by atoms with Gasteiger partial charge in [0.1, 0.15) is 58.4 Å². The van der Waals surface area contributed by atoms with Gasteiger partial charge in [-0.05, 0) is 159 Å². The van der Waals surface area contributed by atoms with Gasteiger partial charge in [0, 0.05) is 127 Å². The highest BCUT2D eigenvalue weighted by Crippen LogP contribution is 2.39. The second-order valence-corrected chi connectivity index (χ2v) is 35.6. The number of nitrogens with two attached hydrogens (primary N) is 1. The number of rotatable bonds is 55. The lowest BCUT2D eigenvalue weighted by atomic mass is 10.0. The summed E-state index contributed by atoms with van der Waals surface area (Å²) in [4.78, 5) is 151. The fraction of sp³-hybridized carbons (Fsp3) is 0.462.